The summed E-state index contributed by atoms with van der Waals surface area (Å²) in [5.74, 6) is -1.47. The largest absolute Gasteiger partial charge is 0.317 e. The van der Waals surface area contributed by atoms with E-state index in [4.69, 9.17) is 0 Å². The Kier molecular flexibility index (Phi) is 4.81. The van der Waals surface area contributed by atoms with Crippen molar-refractivity contribution in [3.8, 4) is 0 Å². The van der Waals surface area contributed by atoms with Gasteiger partial charge in [-0.05, 0) is 60.9 Å². The second-order valence-electron chi connectivity index (χ2n) is 9.17. The first-order valence-corrected chi connectivity index (χ1v) is 10.3. The number of fused-ring (bicyclic) bond motifs is 1. The van der Waals surface area contributed by atoms with E-state index in [-0.39, 0.29) is 24.2 Å². The van der Waals surface area contributed by atoms with Crippen LogP contribution in [0.4, 0.5) is 0 Å². The summed E-state index contributed by atoms with van der Waals surface area (Å²) in [4.78, 5) is 51.5. The number of piperidine rings is 2. The molecule has 2 saturated heterocycles. The molecule has 3 heterocycles. The van der Waals surface area contributed by atoms with Crippen LogP contribution in [-0.2, 0) is 15.0 Å². The molecule has 1 aromatic carbocycles. The van der Waals surface area contributed by atoms with Crippen molar-refractivity contribution in [3.63, 3.8) is 0 Å². The molecule has 7 nitrogen and oxygen atoms in total. The van der Waals surface area contributed by atoms with E-state index in [1.54, 1.807) is 6.07 Å². The highest BCUT2D eigenvalue weighted by atomic mass is 16.2. The first-order valence-electron chi connectivity index (χ1n) is 10.3. The summed E-state index contributed by atoms with van der Waals surface area (Å²) >= 11 is 0. The number of benzene rings is 1. The van der Waals surface area contributed by atoms with Gasteiger partial charge in [-0.25, -0.2) is 0 Å². The quantitative estimate of drug-likeness (QED) is 0.743. The number of hydrogen-bond acceptors (Lipinski definition) is 5. The molecule has 154 valence electrons. The maximum absolute atomic E-state index is 13.5. The highest BCUT2D eigenvalue weighted by Gasteiger charge is 2.47. The molecule has 4 amide bonds. The Hall–Kier alpha value is -2.54. The molecule has 1 unspecified atom stereocenters. The van der Waals surface area contributed by atoms with Crippen molar-refractivity contribution in [2.45, 2.75) is 63.8 Å². The maximum Gasteiger partial charge on any atom is 0.262 e. The lowest BCUT2D eigenvalue weighted by molar-refractivity contribution is -0.136. The van der Waals surface area contributed by atoms with Crippen molar-refractivity contribution in [2.24, 2.45) is 0 Å². The Bertz CT molecular complexity index is 909. The lowest BCUT2D eigenvalue weighted by atomic mass is 9.74. The fourth-order valence-electron chi connectivity index (χ4n) is 4.85. The number of hydrogen-bond donors (Lipinski definition) is 2. The Labute approximate surface area is 170 Å². The highest BCUT2D eigenvalue weighted by Crippen LogP contribution is 2.41. The molecule has 7 heteroatoms. The van der Waals surface area contributed by atoms with Crippen molar-refractivity contribution in [1.29, 1.82) is 0 Å². The fourth-order valence-corrected chi connectivity index (χ4v) is 4.85. The van der Waals surface area contributed by atoms with Crippen LogP contribution in [0, 0.1) is 0 Å². The van der Waals surface area contributed by atoms with Gasteiger partial charge in [-0.1, -0.05) is 26.8 Å². The minimum atomic E-state index is -0.935. The zero-order chi connectivity index (χ0) is 20.9. The van der Waals surface area contributed by atoms with Crippen LogP contribution in [0.3, 0.4) is 0 Å². The van der Waals surface area contributed by atoms with Gasteiger partial charge in [0.2, 0.25) is 11.8 Å². The van der Waals surface area contributed by atoms with E-state index in [0.717, 1.165) is 42.0 Å². The summed E-state index contributed by atoms with van der Waals surface area (Å²) in [5, 5.41) is 5.62. The topological polar surface area (TPSA) is 95.6 Å². The van der Waals surface area contributed by atoms with Crippen LogP contribution in [0.25, 0.3) is 0 Å². The lowest BCUT2D eigenvalue weighted by Gasteiger charge is -2.32. The predicted octanol–water partition coefficient (Wildman–Crippen LogP) is 1.85. The Morgan fingerprint density at radius 3 is 2.28 bits per heavy atom. The maximum atomic E-state index is 13.5. The van der Waals surface area contributed by atoms with E-state index in [2.05, 4.69) is 31.4 Å². The number of nitrogens with zero attached hydrogens (tertiary/aromatic N) is 1. The summed E-state index contributed by atoms with van der Waals surface area (Å²) in [7, 11) is 0. The summed E-state index contributed by atoms with van der Waals surface area (Å²) < 4.78 is 0. The molecule has 0 aromatic heterocycles. The van der Waals surface area contributed by atoms with Crippen molar-refractivity contribution in [3.05, 3.63) is 34.4 Å². The average Bonchev–Trinajstić information content (AvgIpc) is 2.92. The van der Waals surface area contributed by atoms with Gasteiger partial charge in [0.1, 0.15) is 6.04 Å². The zero-order valence-corrected chi connectivity index (χ0v) is 17.1. The third-order valence-corrected chi connectivity index (χ3v) is 6.17. The molecular formula is C22H27N3O4. The molecule has 0 saturated carbocycles. The van der Waals surface area contributed by atoms with Gasteiger partial charge in [-0.15, -0.1) is 0 Å². The molecule has 3 aliphatic rings. The normalized spacial score (nSPS) is 23.4. The third kappa shape index (κ3) is 3.27. The van der Waals surface area contributed by atoms with Crippen LogP contribution < -0.4 is 10.6 Å². The van der Waals surface area contributed by atoms with Gasteiger partial charge in [-0.2, -0.15) is 0 Å². The molecule has 1 aromatic rings. The van der Waals surface area contributed by atoms with Gasteiger partial charge >= 0.3 is 0 Å². The van der Waals surface area contributed by atoms with Crippen LogP contribution in [-0.4, -0.2) is 47.7 Å². The van der Waals surface area contributed by atoms with Crippen molar-refractivity contribution in [2.75, 3.05) is 13.1 Å². The summed E-state index contributed by atoms with van der Waals surface area (Å²) in [6.45, 7) is 8.03. The number of carbonyl (C=O) groups excluding carboxylic acids is 4. The monoisotopic (exact) mass is 397 g/mol. The second-order valence-corrected chi connectivity index (χ2v) is 9.17. The number of imide groups is 2. The number of rotatable bonds is 2. The average molecular weight is 397 g/mol. The van der Waals surface area contributed by atoms with Crippen LogP contribution in [0.1, 0.15) is 84.2 Å². The van der Waals surface area contributed by atoms with Crippen molar-refractivity contribution in [1.82, 2.24) is 15.5 Å². The van der Waals surface area contributed by atoms with E-state index in [1.807, 2.05) is 6.07 Å². The van der Waals surface area contributed by atoms with Gasteiger partial charge in [0.15, 0.2) is 0 Å². The van der Waals surface area contributed by atoms with E-state index in [1.165, 1.54) is 0 Å². The van der Waals surface area contributed by atoms with E-state index in [9.17, 15) is 19.2 Å². The molecule has 2 N–H and O–H groups in total. The number of amides is 4. The van der Waals surface area contributed by atoms with Gasteiger partial charge in [0.25, 0.3) is 11.8 Å². The van der Waals surface area contributed by atoms with Crippen molar-refractivity contribution >= 4 is 23.6 Å². The third-order valence-electron chi connectivity index (χ3n) is 6.17. The SMILES string of the molecule is CC(C)(C)c1c(C2CCNCC2)ccc2c1C(=O)N(C1CCC(=O)NC1=O)C2=O. The summed E-state index contributed by atoms with van der Waals surface area (Å²) in [6.07, 6.45) is 2.26. The second kappa shape index (κ2) is 7.06. The Balaban J connectivity index is 1.80. The molecule has 2 fully saturated rings. The van der Waals surface area contributed by atoms with Crippen LogP contribution in [0.5, 0.6) is 0 Å². The molecule has 0 aliphatic carbocycles. The molecule has 1 atom stereocenters. The van der Waals surface area contributed by atoms with Gasteiger partial charge in [0.05, 0.1) is 11.1 Å². The Morgan fingerprint density at radius 1 is 0.966 bits per heavy atom. The van der Waals surface area contributed by atoms with Gasteiger partial charge in [0, 0.05) is 6.42 Å². The minimum Gasteiger partial charge on any atom is -0.317 e. The molecule has 0 bridgehead atoms. The van der Waals surface area contributed by atoms with Crippen molar-refractivity contribution < 1.29 is 19.2 Å². The number of nitrogens with one attached hydrogen (secondary N) is 2. The van der Waals surface area contributed by atoms with E-state index >= 15 is 0 Å². The summed E-state index contributed by atoms with van der Waals surface area (Å²) in [5.41, 5.74) is 2.51. The van der Waals surface area contributed by atoms with Crippen LogP contribution in [0.15, 0.2) is 12.1 Å². The fraction of sp³-hybridized carbons (Fsp3) is 0.545. The lowest BCUT2D eigenvalue weighted by Crippen LogP contribution is -2.54. The molecular weight excluding hydrogens is 370 g/mol. The van der Waals surface area contributed by atoms with E-state index in [0.29, 0.717) is 17.0 Å². The zero-order valence-electron chi connectivity index (χ0n) is 17.1. The van der Waals surface area contributed by atoms with Crippen LogP contribution in [0.2, 0.25) is 0 Å². The van der Waals surface area contributed by atoms with Gasteiger partial charge in [-0.3, -0.25) is 29.4 Å². The first kappa shape index (κ1) is 19.8. The first-order chi connectivity index (χ1) is 13.7. The van der Waals surface area contributed by atoms with E-state index < -0.39 is 23.8 Å². The molecule has 3 aliphatic heterocycles. The highest BCUT2D eigenvalue weighted by molar-refractivity contribution is 6.24. The molecule has 29 heavy (non-hydrogen) atoms. The predicted molar refractivity (Wildman–Crippen MR) is 107 cm³/mol. The molecule has 4 rings (SSSR count). The summed E-state index contributed by atoms with van der Waals surface area (Å²) in [6, 6.07) is 2.80. The smallest absolute Gasteiger partial charge is 0.262 e. The van der Waals surface area contributed by atoms with Gasteiger partial charge < -0.3 is 5.32 Å². The van der Waals surface area contributed by atoms with Crippen LogP contribution >= 0.6 is 0 Å². The number of carbonyl (C=O) groups is 4. The molecule has 0 spiro atoms. The standard InChI is InChI=1S/C22H27N3O4/c1-22(2,3)18-13(12-8-10-23-11-9-12)4-5-14-17(18)21(29)25(20(14)28)15-6-7-16(26)24-19(15)27/h4-5,12,15,23H,6-11H2,1-3H3,(H,24,26,27). The molecule has 0 radical (unpaired) electrons. The minimum absolute atomic E-state index is 0.121. The Morgan fingerprint density at radius 2 is 1.66 bits per heavy atom.